The molecule has 0 aliphatic carbocycles. The molecular weight excluding hydrogens is 460 g/mol. The minimum atomic E-state index is -0.503. The van der Waals surface area contributed by atoms with E-state index < -0.39 is 11.2 Å². The van der Waals surface area contributed by atoms with Crippen LogP contribution in [0.4, 0.5) is 5.95 Å². The summed E-state index contributed by atoms with van der Waals surface area (Å²) in [6.07, 6.45) is 3.32. The van der Waals surface area contributed by atoms with Gasteiger partial charge in [0.05, 0.1) is 6.21 Å². The van der Waals surface area contributed by atoms with E-state index in [1.807, 2.05) is 42.5 Å². The van der Waals surface area contributed by atoms with Gasteiger partial charge in [0.15, 0.2) is 11.2 Å². The molecular formula is C22H21BrN6O2. The van der Waals surface area contributed by atoms with E-state index in [4.69, 9.17) is 0 Å². The molecule has 0 atom stereocenters. The van der Waals surface area contributed by atoms with Crippen molar-refractivity contribution in [1.82, 2.24) is 19.1 Å². The van der Waals surface area contributed by atoms with Gasteiger partial charge in [-0.25, -0.2) is 10.2 Å². The van der Waals surface area contributed by atoms with Crippen molar-refractivity contribution >= 4 is 39.3 Å². The molecule has 0 saturated heterocycles. The van der Waals surface area contributed by atoms with Gasteiger partial charge >= 0.3 is 5.69 Å². The Morgan fingerprint density at radius 2 is 1.87 bits per heavy atom. The lowest BCUT2D eigenvalue weighted by Crippen LogP contribution is -2.29. The molecule has 0 aliphatic rings. The molecule has 0 amide bonds. The molecule has 8 nitrogen and oxygen atoms in total. The lowest BCUT2D eigenvalue weighted by Gasteiger charge is -2.08. The molecule has 31 heavy (non-hydrogen) atoms. The average molecular weight is 481 g/mol. The Balaban J connectivity index is 1.64. The lowest BCUT2D eigenvalue weighted by molar-refractivity contribution is 0.659. The van der Waals surface area contributed by atoms with Crippen LogP contribution in [0.2, 0.25) is 0 Å². The highest BCUT2D eigenvalue weighted by atomic mass is 79.9. The van der Waals surface area contributed by atoms with Crippen LogP contribution < -0.4 is 16.7 Å². The van der Waals surface area contributed by atoms with Crippen LogP contribution in [0.25, 0.3) is 11.2 Å². The topological polar surface area (TPSA) is 97.1 Å². The number of hydrogen-bond donors (Lipinski definition) is 2. The Morgan fingerprint density at radius 3 is 2.61 bits per heavy atom. The van der Waals surface area contributed by atoms with Gasteiger partial charge in [-0.2, -0.15) is 10.1 Å². The molecule has 0 spiro atoms. The van der Waals surface area contributed by atoms with Crippen LogP contribution in [0.3, 0.4) is 0 Å². The van der Waals surface area contributed by atoms with E-state index in [0.717, 1.165) is 22.9 Å². The van der Waals surface area contributed by atoms with Crippen LogP contribution in [-0.2, 0) is 20.0 Å². The van der Waals surface area contributed by atoms with E-state index >= 15 is 0 Å². The van der Waals surface area contributed by atoms with Crippen molar-refractivity contribution in [2.24, 2.45) is 12.1 Å². The van der Waals surface area contributed by atoms with Gasteiger partial charge in [0.25, 0.3) is 5.56 Å². The van der Waals surface area contributed by atoms with Gasteiger partial charge < -0.3 is 4.57 Å². The third kappa shape index (κ3) is 4.66. The lowest BCUT2D eigenvalue weighted by atomic mass is 10.1. The Kier molecular flexibility index (Phi) is 6.13. The summed E-state index contributed by atoms with van der Waals surface area (Å²) in [5.74, 6) is 0.406. The Labute approximate surface area is 186 Å². The predicted octanol–water partition coefficient (Wildman–Crippen LogP) is 3.26. The first kappa shape index (κ1) is 20.8. The highest BCUT2D eigenvalue weighted by Crippen LogP contribution is 2.17. The molecule has 4 rings (SSSR count). The zero-order chi connectivity index (χ0) is 21.8. The number of aryl methyl sites for hydroxylation is 3. The fourth-order valence-corrected chi connectivity index (χ4v) is 3.60. The van der Waals surface area contributed by atoms with Crippen molar-refractivity contribution in [2.75, 3.05) is 5.43 Å². The summed E-state index contributed by atoms with van der Waals surface area (Å²) in [6, 6.07) is 17.8. The third-order valence-electron chi connectivity index (χ3n) is 4.95. The first-order chi connectivity index (χ1) is 15.0. The summed E-state index contributed by atoms with van der Waals surface area (Å²) in [5, 5.41) is 4.27. The van der Waals surface area contributed by atoms with E-state index in [1.54, 1.807) is 17.8 Å². The van der Waals surface area contributed by atoms with Crippen LogP contribution in [0.15, 0.2) is 73.8 Å². The van der Waals surface area contributed by atoms with E-state index in [1.165, 1.54) is 10.1 Å². The second-order valence-electron chi connectivity index (χ2n) is 7.09. The van der Waals surface area contributed by atoms with E-state index in [0.29, 0.717) is 23.7 Å². The van der Waals surface area contributed by atoms with E-state index in [9.17, 15) is 9.59 Å². The molecule has 4 aromatic rings. The number of nitrogens with zero attached hydrogens (tertiary/aromatic N) is 4. The monoisotopic (exact) mass is 480 g/mol. The van der Waals surface area contributed by atoms with Gasteiger partial charge in [-0.1, -0.05) is 58.4 Å². The number of hydrogen-bond acceptors (Lipinski definition) is 5. The number of H-pyrrole nitrogens is 1. The fourth-order valence-electron chi connectivity index (χ4n) is 3.34. The highest BCUT2D eigenvalue weighted by molar-refractivity contribution is 9.10. The summed E-state index contributed by atoms with van der Waals surface area (Å²) >= 11 is 3.41. The molecule has 0 unspecified atom stereocenters. The van der Waals surface area contributed by atoms with Crippen LogP contribution in [-0.4, -0.2) is 25.3 Å². The maximum Gasteiger partial charge on any atom is 0.329 e. The van der Waals surface area contributed by atoms with Crippen molar-refractivity contribution in [3.8, 4) is 0 Å². The summed E-state index contributed by atoms with van der Waals surface area (Å²) in [6.45, 7) is 0.544. The summed E-state index contributed by atoms with van der Waals surface area (Å²) in [7, 11) is 1.58. The van der Waals surface area contributed by atoms with Crippen molar-refractivity contribution in [3.63, 3.8) is 0 Å². The number of aromatic nitrogens is 4. The Morgan fingerprint density at radius 1 is 1.13 bits per heavy atom. The number of fused-ring (bicyclic) bond motifs is 1. The van der Waals surface area contributed by atoms with Gasteiger partial charge in [-0.3, -0.25) is 14.3 Å². The standard InChI is InChI=1S/C22H21BrN6O2/c1-28-19-18(20(30)26-22(28)31)29(13-5-8-15-6-3-2-4-7-15)21(25-19)27-24-14-16-9-11-17(23)12-10-16/h2-4,6-7,9-12,14H,5,8,13H2,1H3,(H,25,27)(H,26,30,31)/b24-14+. The molecule has 2 aromatic carbocycles. The van der Waals surface area contributed by atoms with Crippen LogP contribution in [0.1, 0.15) is 17.5 Å². The highest BCUT2D eigenvalue weighted by Gasteiger charge is 2.17. The SMILES string of the molecule is Cn1c(=O)[nH]c(=O)c2c1nc(N/N=C/c1ccc(Br)cc1)n2CCCc1ccccc1. The minimum Gasteiger partial charge on any atom is -0.303 e. The third-order valence-corrected chi connectivity index (χ3v) is 5.47. The van der Waals surface area contributed by atoms with Gasteiger partial charge in [-0.15, -0.1) is 0 Å². The molecule has 2 heterocycles. The molecule has 0 fully saturated rings. The number of nitrogens with one attached hydrogen (secondary N) is 2. The number of aromatic amines is 1. The van der Waals surface area contributed by atoms with Crippen molar-refractivity contribution in [3.05, 3.63) is 91.0 Å². The van der Waals surface area contributed by atoms with E-state index in [-0.39, 0.29) is 0 Å². The first-order valence-corrected chi connectivity index (χ1v) is 10.6. The molecule has 0 radical (unpaired) electrons. The Bertz CT molecular complexity index is 1340. The molecule has 0 aliphatic heterocycles. The van der Waals surface area contributed by atoms with Crippen molar-refractivity contribution in [1.29, 1.82) is 0 Å². The quantitative estimate of drug-likeness (QED) is 0.313. The molecule has 0 saturated carbocycles. The van der Waals surface area contributed by atoms with Gasteiger partial charge in [0.2, 0.25) is 5.95 Å². The Hall–Kier alpha value is -3.46. The second-order valence-corrected chi connectivity index (χ2v) is 8.00. The summed E-state index contributed by atoms with van der Waals surface area (Å²) in [5.41, 5.74) is 4.75. The summed E-state index contributed by atoms with van der Waals surface area (Å²) in [4.78, 5) is 31.4. The van der Waals surface area contributed by atoms with Gasteiger partial charge in [-0.05, 0) is 36.1 Å². The maximum absolute atomic E-state index is 12.5. The number of imidazole rings is 1. The minimum absolute atomic E-state index is 0.315. The molecule has 9 heteroatoms. The van der Waals surface area contributed by atoms with Crippen LogP contribution in [0.5, 0.6) is 0 Å². The fraction of sp³-hybridized carbons (Fsp3) is 0.182. The normalized spacial score (nSPS) is 11.4. The molecule has 0 bridgehead atoms. The molecule has 2 N–H and O–H groups in total. The largest absolute Gasteiger partial charge is 0.329 e. The number of hydrazone groups is 1. The smallest absolute Gasteiger partial charge is 0.303 e. The maximum atomic E-state index is 12.5. The average Bonchev–Trinajstić information content (AvgIpc) is 3.13. The zero-order valence-corrected chi connectivity index (χ0v) is 18.5. The number of anilines is 1. The predicted molar refractivity (Wildman–Crippen MR) is 126 cm³/mol. The summed E-state index contributed by atoms with van der Waals surface area (Å²) < 4.78 is 4.08. The van der Waals surface area contributed by atoms with Crippen LogP contribution in [0, 0.1) is 0 Å². The van der Waals surface area contributed by atoms with E-state index in [2.05, 4.69) is 48.6 Å². The molecule has 158 valence electrons. The van der Waals surface area contributed by atoms with Crippen molar-refractivity contribution < 1.29 is 0 Å². The number of rotatable bonds is 7. The van der Waals surface area contributed by atoms with Crippen LogP contribution >= 0.6 is 15.9 Å². The van der Waals surface area contributed by atoms with Gasteiger partial charge in [0, 0.05) is 18.1 Å². The second kappa shape index (κ2) is 9.13. The number of benzene rings is 2. The van der Waals surface area contributed by atoms with Gasteiger partial charge in [0.1, 0.15) is 0 Å². The molecule has 2 aromatic heterocycles. The first-order valence-electron chi connectivity index (χ1n) is 9.81. The zero-order valence-electron chi connectivity index (χ0n) is 16.9. The van der Waals surface area contributed by atoms with Crippen molar-refractivity contribution in [2.45, 2.75) is 19.4 Å². The number of halogens is 1.